The first-order valence-electron chi connectivity index (χ1n) is 12.2. The molecule has 10 heteroatoms. The van der Waals surface area contributed by atoms with Crippen LogP contribution in [0.2, 0.25) is 0 Å². The van der Waals surface area contributed by atoms with Gasteiger partial charge in [0.1, 0.15) is 19.0 Å². The van der Waals surface area contributed by atoms with Gasteiger partial charge in [-0.25, -0.2) is 4.98 Å². The summed E-state index contributed by atoms with van der Waals surface area (Å²) in [7, 11) is 3.03. The fraction of sp³-hybridized carbons (Fsp3) is 0.207. The Bertz CT molecular complexity index is 1680. The number of rotatable bonds is 5. The van der Waals surface area contributed by atoms with Gasteiger partial charge in [-0.1, -0.05) is 23.5 Å². The number of hydrogen-bond donors (Lipinski definition) is 1. The number of carbonyl (C=O) groups excluding carboxylic acids is 2. The molecule has 6 rings (SSSR count). The molecule has 0 radical (unpaired) electrons. The fourth-order valence-electron chi connectivity index (χ4n) is 4.84. The van der Waals surface area contributed by atoms with E-state index in [4.69, 9.17) is 18.9 Å². The maximum Gasteiger partial charge on any atom is 0.301 e. The zero-order valence-corrected chi connectivity index (χ0v) is 22.2. The number of fused-ring (bicyclic) bond motifs is 2. The van der Waals surface area contributed by atoms with E-state index in [-0.39, 0.29) is 11.3 Å². The third-order valence-corrected chi connectivity index (χ3v) is 7.74. The average Bonchev–Trinajstić information content (AvgIpc) is 3.49. The van der Waals surface area contributed by atoms with Crippen molar-refractivity contribution in [1.29, 1.82) is 0 Å². The van der Waals surface area contributed by atoms with Crippen molar-refractivity contribution >= 4 is 44.1 Å². The molecule has 1 N–H and O–H groups in total. The molecule has 3 aromatic carbocycles. The lowest BCUT2D eigenvalue weighted by Gasteiger charge is -2.24. The van der Waals surface area contributed by atoms with Crippen LogP contribution in [-0.2, 0) is 9.59 Å². The molecule has 0 aliphatic carbocycles. The van der Waals surface area contributed by atoms with E-state index in [1.807, 2.05) is 25.1 Å². The summed E-state index contributed by atoms with van der Waals surface area (Å²) in [5, 5.41) is 11.9. The Morgan fingerprint density at radius 2 is 1.74 bits per heavy atom. The van der Waals surface area contributed by atoms with E-state index >= 15 is 0 Å². The number of aromatic nitrogens is 1. The predicted octanol–water partition coefficient (Wildman–Crippen LogP) is 5.02. The predicted molar refractivity (Wildman–Crippen MR) is 146 cm³/mol. The third-order valence-electron chi connectivity index (χ3n) is 6.72. The Hall–Kier alpha value is -4.57. The molecular weight excluding hydrogens is 520 g/mol. The summed E-state index contributed by atoms with van der Waals surface area (Å²) in [5.41, 5.74) is 2.55. The molecule has 1 amide bonds. The van der Waals surface area contributed by atoms with Crippen molar-refractivity contribution in [2.24, 2.45) is 0 Å². The number of hydrogen-bond acceptors (Lipinski definition) is 9. The van der Waals surface area contributed by atoms with Crippen LogP contribution in [0.4, 0.5) is 5.13 Å². The molecule has 1 unspecified atom stereocenters. The number of anilines is 1. The van der Waals surface area contributed by atoms with Crippen molar-refractivity contribution < 1.29 is 33.6 Å². The highest BCUT2D eigenvalue weighted by molar-refractivity contribution is 7.22. The van der Waals surface area contributed by atoms with Crippen LogP contribution in [0.1, 0.15) is 22.7 Å². The summed E-state index contributed by atoms with van der Waals surface area (Å²) in [6, 6.07) is 14.8. The minimum absolute atomic E-state index is 0.0701. The van der Waals surface area contributed by atoms with Gasteiger partial charge in [-0.05, 0) is 60.5 Å². The monoisotopic (exact) mass is 544 g/mol. The maximum absolute atomic E-state index is 13.6. The molecule has 3 heterocycles. The largest absolute Gasteiger partial charge is 0.507 e. The van der Waals surface area contributed by atoms with Gasteiger partial charge in [0.15, 0.2) is 28.1 Å². The van der Waals surface area contributed by atoms with Gasteiger partial charge in [0.05, 0.1) is 36.1 Å². The number of nitrogens with zero attached hydrogens (tertiary/aromatic N) is 2. The summed E-state index contributed by atoms with van der Waals surface area (Å²) in [6.45, 7) is 2.76. The Labute approximate surface area is 227 Å². The Kier molecular flexibility index (Phi) is 6.11. The Morgan fingerprint density at radius 1 is 0.974 bits per heavy atom. The van der Waals surface area contributed by atoms with Gasteiger partial charge in [-0.3, -0.25) is 14.5 Å². The summed E-state index contributed by atoms with van der Waals surface area (Å²) in [5.74, 6) is -0.0460. The van der Waals surface area contributed by atoms with Crippen LogP contribution in [0.25, 0.3) is 16.0 Å². The summed E-state index contributed by atoms with van der Waals surface area (Å²) in [4.78, 5) is 33.2. The third kappa shape index (κ3) is 4.13. The van der Waals surface area contributed by atoms with E-state index in [0.29, 0.717) is 58.0 Å². The molecule has 9 nitrogen and oxygen atoms in total. The first kappa shape index (κ1) is 24.7. The van der Waals surface area contributed by atoms with Crippen molar-refractivity contribution in [1.82, 2.24) is 4.98 Å². The van der Waals surface area contributed by atoms with E-state index in [0.717, 1.165) is 10.3 Å². The van der Waals surface area contributed by atoms with Crippen molar-refractivity contribution in [3.8, 4) is 23.0 Å². The van der Waals surface area contributed by atoms with Crippen molar-refractivity contribution in [3.63, 3.8) is 0 Å². The first-order chi connectivity index (χ1) is 18.9. The molecular formula is C29H24N2O7S. The molecule has 198 valence electrons. The fourth-order valence-corrected chi connectivity index (χ4v) is 5.93. The van der Waals surface area contributed by atoms with E-state index in [1.165, 1.54) is 30.5 Å². The maximum atomic E-state index is 13.6. The number of aryl methyl sites for hydroxylation is 1. The lowest BCUT2D eigenvalue weighted by atomic mass is 9.95. The minimum Gasteiger partial charge on any atom is -0.507 e. The van der Waals surface area contributed by atoms with Crippen molar-refractivity contribution in [3.05, 3.63) is 76.9 Å². The highest BCUT2D eigenvalue weighted by Gasteiger charge is 2.48. The average molecular weight is 545 g/mol. The Morgan fingerprint density at radius 3 is 2.51 bits per heavy atom. The molecule has 0 bridgehead atoms. The van der Waals surface area contributed by atoms with Crippen LogP contribution in [-0.4, -0.2) is 49.2 Å². The lowest BCUT2D eigenvalue weighted by molar-refractivity contribution is -0.132. The van der Waals surface area contributed by atoms with Gasteiger partial charge in [-0.2, -0.15) is 0 Å². The van der Waals surface area contributed by atoms with E-state index in [2.05, 4.69) is 4.98 Å². The second kappa shape index (κ2) is 9.63. The molecule has 0 saturated carbocycles. The first-order valence-corrected chi connectivity index (χ1v) is 13.0. The molecule has 1 aromatic heterocycles. The van der Waals surface area contributed by atoms with Crippen LogP contribution in [0, 0.1) is 6.92 Å². The zero-order valence-electron chi connectivity index (χ0n) is 21.4. The van der Waals surface area contributed by atoms with Crippen LogP contribution in [0.15, 0.2) is 60.2 Å². The SMILES string of the molecule is COc1ccc(C2C(=C(O)c3ccc4c(c3)OCCO4)C(=O)C(=O)N2c2nc3ccc(C)cc3s2)cc1OC. The number of benzene rings is 3. The lowest BCUT2D eigenvalue weighted by Crippen LogP contribution is -2.29. The van der Waals surface area contributed by atoms with Gasteiger partial charge in [0.2, 0.25) is 0 Å². The molecule has 39 heavy (non-hydrogen) atoms. The normalized spacial score (nSPS) is 18.0. The number of ketones is 1. The number of carbonyl (C=O) groups is 2. The highest BCUT2D eigenvalue weighted by Crippen LogP contribution is 2.46. The molecule has 4 aromatic rings. The molecule has 1 fully saturated rings. The number of Topliss-reactive ketones (excluding diaryl/α,β-unsaturated/α-hetero) is 1. The smallest absolute Gasteiger partial charge is 0.301 e. The summed E-state index contributed by atoms with van der Waals surface area (Å²) >= 11 is 1.30. The van der Waals surface area contributed by atoms with Gasteiger partial charge in [-0.15, -0.1) is 0 Å². The van der Waals surface area contributed by atoms with Crippen LogP contribution < -0.4 is 23.8 Å². The second-order valence-electron chi connectivity index (χ2n) is 9.11. The van der Waals surface area contributed by atoms with Gasteiger partial charge >= 0.3 is 5.91 Å². The van der Waals surface area contributed by atoms with E-state index in [1.54, 1.807) is 36.4 Å². The van der Waals surface area contributed by atoms with Crippen molar-refractivity contribution in [2.45, 2.75) is 13.0 Å². The van der Waals surface area contributed by atoms with Gasteiger partial charge in [0, 0.05) is 5.56 Å². The van der Waals surface area contributed by atoms with E-state index < -0.39 is 17.7 Å². The number of aliphatic hydroxyl groups excluding tert-OH is 1. The molecule has 1 atom stereocenters. The van der Waals surface area contributed by atoms with Crippen LogP contribution in [0.5, 0.6) is 23.0 Å². The number of amides is 1. The second-order valence-corrected chi connectivity index (χ2v) is 10.1. The number of aliphatic hydroxyl groups is 1. The Balaban J connectivity index is 1.56. The summed E-state index contributed by atoms with van der Waals surface area (Å²) < 4.78 is 23.0. The minimum atomic E-state index is -0.973. The zero-order chi connectivity index (χ0) is 27.3. The molecule has 0 spiro atoms. The topological polar surface area (TPSA) is 107 Å². The van der Waals surface area contributed by atoms with Gasteiger partial charge in [0.25, 0.3) is 5.78 Å². The van der Waals surface area contributed by atoms with Gasteiger partial charge < -0.3 is 24.1 Å². The molecule has 2 aliphatic heterocycles. The van der Waals surface area contributed by atoms with E-state index in [9.17, 15) is 14.7 Å². The number of ether oxygens (including phenoxy) is 4. The number of methoxy groups -OCH3 is 2. The van der Waals surface area contributed by atoms with Crippen molar-refractivity contribution in [2.75, 3.05) is 32.3 Å². The summed E-state index contributed by atoms with van der Waals surface area (Å²) in [6.07, 6.45) is 0. The van der Waals surface area contributed by atoms with Crippen LogP contribution >= 0.6 is 11.3 Å². The van der Waals surface area contributed by atoms with Crippen LogP contribution in [0.3, 0.4) is 0 Å². The molecule has 1 saturated heterocycles. The highest BCUT2D eigenvalue weighted by atomic mass is 32.1. The quantitative estimate of drug-likeness (QED) is 0.212. The standard InChI is InChI=1S/C29H24N2O7S/c1-15-4-7-18-23(12-15)39-29(30-18)31-25(16-5-8-19(35-2)21(13-16)36-3)24(27(33)28(31)34)26(32)17-6-9-20-22(14-17)38-11-10-37-20/h4-9,12-14,25,32H,10-11H2,1-3H3. The molecule has 2 aliphatic rings. The number of thiazole rings is 1.